The van der Waals surface area contributed by atoms with Crippen LogP contribution in [0.5, 0.6) is 5.75 Å². The van der Waals surface area contributed by atoms with Crippen LogP contribution in [-0.2, 0) is 9.53 Å². The second-order valence-electron chi connectivity index (χ2n) is 5.70. The Balaban J connectivity index is 1.84. The molecule has 2 aromatic rings. The average molecular weight is 343 g/mol. The SMILES string of the molecule is CC(C)Oc1ccc(/C=C2/N=C(c3ccc(F)c(F)c3)OC2=O)cc1. The zero-order valence-corrected chi connectivity index (χ0v) is 13.6. The predicted octanol–water partition coefficient (Wildman–Crippen LogP) is 4.10. The molecule has 0 atom stereocenters. The van der Waals surface area contributed by atoms with E-state index in [1.165, 1.54) is 6.07 Å². The summed E-state index contributed by atoms with van der Waals surface area (Å²) < 4.78 is 36.9. The summed E-state index contributed by atoms with van der Waals surface area (Å²) in [6.07, 6.45) is 1.62. The van der Waals surface area contributed by atoms with E-state index in [0.717, 1.165) is 23.4 Å². The van der Waals surface area contributed by atoms with Crippen LogP contribution in [0.4, 0.5) is 8.78 Å². The predicted molar refractivity (Wildman–Crippen MR) is 89.2 cm³/mol. The third-order valence-electron chi connectivity index (χ3n) is 3.34. The summed E-state index contributed by atoms with van der Waals surface area (Å²) in [6.45, 7) is 3.86. The fraction of sp³-hybridized carbons (Fsp3) is 0.158. The highest BCUT2D eigenvalue weighted by Gasteiger charge is 2.24. The van der Waals surface area contributed by atoms with Crippen LogP contribution in [0.25, 0.3) is 6.08 Å². The summed E-state index contributed by atoms with van der Waals surface area (Å²) in [6, 6.07) is 10.3. The second-order valence-corrected chi connectivity index (χ2v) is 5.70. The lowest BCUT2D eigenvalue weighted by Gasteiger charge is -2.09. The Morgan fingerprint density at radius 3 is 2.44 bits per heavy atom. The van der Waals surface area contributed by atoms with Gasteiger partial charge in [0, 0.05) is 5.56 Å². The zero-order valence-electron chi connectivity index (χ0n) is 13.6. The quantitative estimate of drug-likeness (QED) is 0.620. The van der Waals surface area contributed by atoms with Crippen LogP contribution < -0.4 is 4.74 Å². The van der Waals surface area contributed by atoms with Gasteiger partial charge in [-0.1, -0.05) is 12.1 Å². The molecule has 0 saturated heterocycles. The van der Waals surface area contributed by atoms with Crippen LogP contribution in [0.1, 0.15) is 25.0 Å². The van der Waals surface area contributed by atoms with Gasteiger partial charge in [-0.05, 0) is 55.8 Å². The Morgan fingerprint density at radius 2 is 1.80 bits per heavy atom. The van der Waals surface area contributed by atoms with E-state index in [2.05, 4.69) is 4.99 Å². The summed E-state index contributed by atoms with van der Waals surface area (Å²) in [5, 5.41) is 0. The van der Waals surface area contributed by atoms with Gasteiger partial charge in [0.2, 0.25) is 5.90 Å². The maximum Gasteiger partial charge on any atom is 0.363 e. The molecule has 25 heavy (non-hydrogen) atoms. The van der Waals surface area contributed by atoms with Gasteiger partial charge in [0.25, 0.3) is 0 Å². The van der Waals surface area contributed by atoms with Gasteiger partial charge >= 0.3 is 5.97 Å². The van der Waals surface area contributed by atoms with Crippen molar-refractivity contribution in [2.24, 2.45) is 4.99 Å². The standard InChI is InChI=1S/C19H15F2NO3/c1-11(2)24-14-6-3-12(4-7-14)9-17-19(23)25-18(22-17)13-5-8-15(20)16(21)10-13/h3-11H,1-2H3/b17-9+. The number of hydrogen-bond donors (Lipinski definition) is 0. The van der Waals surface area contributed by atoms with Crippen molar-refractivity contribution in [1.82, 2.24) is 0 Å². The lowest BCUT2D eigenvalue weighted by Crippen LogP contribution is -2.06. The first kappa shape index (κ1) is 16.8. The molecule has 0 aromatic heterocycles. The van der Waals surface area contributed by atoms with E-state index in [9.17, 15) is 13.6 Å². The number of ether oxygens (including phenoxy) is 2. The van der Waals surface area contributed by atoms with E-state index in [1.54, 1.807) is 30.3 Å². The molecule has 0 saturated carbocycles. The highest BCUT2D eigenvalue weighted by molar-refractivity contribution is 6.12. The maximum absolute atomic E-state index is 13.3. The van der Waals surface area contributed by atoms with Crippen molar-refractivity contribution in [1.29, 1.82) is 0 Å². The third kappa shape index (κ3) is 3.91. The minimum Gasteiger partial charge on any atom is -0.491 e. The minimum atomic E-state index is -1.03. The van der Waals surface area contributed by atoms with Crippen LogP contribution in [0, 0.1) is 11.6 Å². The molecule has 6 heteroatoms. The van der Waals surface area contributed by atoms with E-state index in [4.69, 9.17) is 9.47 Å². The van der Waals surface area contributed by atoms with Crippen molar-refractivity contribution >= 4 is 17.9 Å². The molecule has 1 aliphatic heterocycles. The van der Waals surface area contributed by atoms with E-state index in [0.29, 0.717) is 0 Å². The van der Waals surface area contributed by atoms with Crippen molar-refractivity contribution in [2.45, 2.75) is 20.0 Å². The number of halogens is 2. The summed E-state index contributed by atoms with van der Waals surface area (Å²) >= 11 is 0. The van der Waals surface area contributed by atoms with Gasteiger partial charge in [-0.3, -0.25) is 0 Å². The topological polar surface area (TPSA) is 47.9 Å². The van der Waals surface area contributed by atoms with Gasteiger partial charge in [0.1, 0.15) is 5.75 Å². The highest BCUT2D eigenvalue weighted by Crippen LogP contribution is 2.21. The van der Waals surface area contributed by atoms with Crippen molar-refractivity contribution < 1.29 is 23.0 Å². The Labute approximate surface area is 143 Å². The van der Waals surface area contributed by atoms with Crippen molar-refractivity contribution in [3.8, 4) is 5.75 Å². The van der Waals surface area contributed by atoms with Gasteiger partial charge in [-0.25, -0.2) is 18.6 Å². The number of rotatable bonds is 4. The largest absolute Gasteiger partial charge is 0.491 e. The monoisotopic (exact) mass is 343 g/mol. The molecule has 128 valence electrons. The van der Waals surface area contributed by atoms with Crippen molar-refractivity contribution in [2.75, 3.05) is 0 Å². The third-order valence-corrected chi connectivity index (χ3v) is 3.34. The fourth-order valence-electron chi connectivity index (χ4n) is 2.23. The average Bonchev–Trinajstić information content (AvgIpc) is 2.92. The molecule has 1 aliphatic rings. The van der Waals surface area contributed by atoms with Gasteiger partial charge < -0.3 is 9.47 Å². The molecule has 0 unspecified atom stereocenters. The number of esters is 1. The molecule has 0 amide bonds. The lowest BCUT2D eigenvalue weighted by molar-refractivity contribution is -0.129. The van der Waals surface area contributed by atoms with E-state index < -0.39 is 17.6 Å². The van der Waals surface area contributed by atoms with E-state index in [1.807, 2.05) is 13.8 Å². The number of carbonyl (C=O) groups is 1. The Bertz CT molecular complexity index is 871. The highest BCUT2D eigenvalue weighted by atomic mass is 19.2. The van der Waals surface area contributed by atoms with Crippen LogP contribution >= 0.6 is 0 Å². The Kier molecular flexibility index (Phi) is 4.61. The summed E-state index contributed by atoms with van der Waals surface area (Å²) in [5.74, 6) is -2.00. The molecular formula is C19H15F2NO3. The van der Waals surface area contributed by atoms with Crippen LogP contribution in [0.15, 0.2) is 53.2 Å². The molecule has 3 rings (SSSR count). The normalized spacial score (nSPS) is 15.5. The molecule has 0 N–H and O–H groups in total. The molecule has 0 radical (unpaired) electrons. The number of cyclic esters (lactones) is 1. The van der Waals surface area contributed by atoms with Gasteiger partial charge in [0.15, 0.2) is 17.3 Å². The van der Waals surface area contributed by atoms with Gasteiger partial charge in [-0.2, -0.15) is 0 Å². The summed E-state index contributed by atoms with van der Waals surface area (Å²) in [7, 11) is 0. The zero-order chi connectivity index (χ0) is 18.0. The molecule has 0 fully saturated rings. The first-order valence-electron chi connectivity index (χ1n) is 7.67. The van der Waals surface area contributed by atoms with Crippen LogP contribution in [-0.4, -0.2) is 18.0 Å². The molecule has 1 heterocycles. The van der Waals surface area contributed by atoms with Crippen molar-refractivity contribution in [3.63, 3.8) is 0 Å². The number of aliphatic imine (C=N–C) groups is 1. The number of benzene rings is 2. The molecule has 0 aliphatic carbocycles. The van der Waals surface area contributed by atoms with Crippen molar-refractivity contribution in [3.05, 3.63) is 70.9 Å². The van der Waals surface area contributed by atoms with Gasteiger partial charge in [0.05, 0.1) is 6.10 Å². The first-order valence-corrected chi connectivity index (χ1v) is 7.67. The number of nitrogens with zero attached hydrogens (tertiary/aromatic N) is 1. The first-order chi connectivity index (χ1) is 11.9. The minimum absolute atomic E-state index is 0.0603. The summed E-state index contributed by atoms with van der Waals surface area (Å²) in [4.78, 5) is 16.0. The van der Waals surface area contributed by atoms with E-state index in [-0.39, 0.29) is 23.3 Å². The molecule has 2 aromatic carbocycles. The molecular weight excluding hydrogens is 328 g/mol. The van der Waals surface area contributed by atoms with E-state index >= 15 is 0 Å². The van der Waals surface area contributed by atoms with Gasteiger partial charge in [-0.15, -0.1) is 0 Å². The van der Waals surface area contributed by atoms with Crippen LogP contribution in [0.2, 0.25) is 0 Å². The fourth-order valence-corrected chi connectivity index (χ4v) is 2.23. The lowest BCUT2D eigenvalue weighted by atomic mass is 10.2. The Hall–Kier alpha value is -3.02. The second kappa shape index (κ2) is 6.84. The van der Waals surface area contributed by atoms with Crippen LogP contribution in [0.3, 0.4) is 0 Å². The molecule has 4 nitrogen and oxygen atoms in total. The summed E-state index contributed by atoms with van der Waals surface area (Å²) in [5.41, 5.74) is 1.01. The molecule has 0 bridgehead atoms. The maximum atomic E-state index is 13.3. The smallest absolute Gasteiger partial charge is 0.363 e. The number of carbonyl (C=O) groups excluding carboxylic acids is 1. The Morgan fingerprint density at radius 1 is 1.08 bits per heavy atom. The molecule has 0 spiro atoms. The number of hydrogen-bond acceptors (Lipinski definition) is 4.